The second-order valence-corrected chi connectivity index (χ2v) is 9.25. The number of nitrogens with zero attached hydrogens (tertiary/aromatic N) is 3. The Bertz CT molecular complexity index is 1180. The van der Waals surface area contributed by atoms with Gasteiger partial charge in [-0.3, -0.25) is 19.8 Å². The number of carbonyl (C=O) groups excluding carboxylic acids is 2. The molecule has 1 aliphatic heterocycles. The van der Waals surface area contributed by atoms with Crippen LogP contribution in [0.2, 0.25) is 0 Å². The van der Waals surface area contributed by atoms with E-state index in [9.17, 15) is 14.8 Å². The lowest BCUT2D eigenvalue weighted by Gasteiger charge is -2.40. The highest BCUT2D eigenvalue weighted by Gasteiger charge is 2.42. The molecule has 0 bridgehead atoms. The van der Waals surface area contributed by atoms with Crippen LogP contribution in [0.5, 0.6) is 5.75 Å². The van der Waals surface area contributed by atoms with Gasteiger partial charge in [-0.05, 0) is 43.5 Å². The standard InChI is InChI=1S/C27H30N4O4/c32-26(29-34)24-17-21(35-22-16-19-6-4-5-9-25(19)28-18-22)10-11-23(24)27(33)31-14-12-30(13-15-31)20-7-2-1-3-8-20/h1-9,16,18,21,23-24,34H,10-15,17H2,(H,29,32)/t21-,23+,24+/m1/s1. The third-order valence-electron chi connectivity index (χ3n) is 7.15. The molecule has 1 aliphatic carbocycles. The average molecular weight is 475 g/mol. The topological polar surface area (TPSA) is 95.0 Å². The van der Waals surface area contributed by atoms with Gasteiger partial charge in [-0.15, -0.1) is 0 Å². The van der Waals surface area contributed by atoms with Gasteiger partial charge in [0.05, 0.1) is 29.7 Å². The zero-order valence-corrected chi connectivity index (χ0v) is 19.5. The molecule has 3 atom stereocenters. The smallest absolute Gasteiger partial charge is 0.247 e. The van der Waals surface area contributed by atoms with Crippen molar-refractivity contribution in [2.24, 2.45) is 11.8 Å². The first kappa shape index (κ1) is 23.1. The van der Waals surface area contributed by atoms with E-state index in [1.165, 1.54) is 0 Å². The molecular weight excluding hydrogens is 444 g/mol. The van der Waals surface area contributed by atoms with Crippen LogP contribution in [0.4, 0.5) is 5.69 Å². The first-order valence-electron chi connectivity index (χ1n) is 12.2. The number of benzene rings is 2. The fraction of sp³-hybridized carbons (Fsp3) is 0.370. The number of ether oxygens (including phenoxy) is 1. The number of aromatic nitrogens is 1. The van der Waals surface area contributed by atoms with Crippen LogP contribution in [-0.2, 0) is 9.59 Å². The highest BCUT2D eigenvalue weighted by Crippen LogP contribution is 2.35. The first-order valence-corrected chi connectivity index (χ1v) is 12.2. The average Bonchev–Trinajstić information content (AvgIpc) is 2.92. The zero-order valence-electron chi connectivity index (χ0n) is 19.5. The van der Waals surface area contributed by atoms with Gasteiger partial charge < -0.3 is 14.5 Å². The number of piperazine rings is 1. The number of hydrogen-bond donors (Lipinski definition) is 2. The summed E-state index contributed by atoms with van der Waals surface area (Å²) in [7, 11) is 0. The van der Waals surface area contributed by atoms with Gasteiger partial charge in [0.25, 0.3) is 0 Å². The van der Waals surface area contributed by atoms with Crippen LogP contribution in [0.25, 0.3) is 10.9 Å². The van der Waals surface area contributed by atoms with Crippen molar-refractivity contribution in [2.45, 2.75) is 25.4 Å². The van der Waals surface area contributed by atoms with E-state index < -0.39 is 17.7 Å². The summed E-state index contributed by atoms with van der Waals surface area (Å²) in [5, 5.41) is 10.3. The Labute approximate surface area is 204 Å². The number of pyridine rings is 1. The Balaban J connectivity index is 1.23. The Morgan fingerprint density at radius 2 is 1.69 bits per heavy atom. The third-order valence-corrected chi connectivity index (χ3v) is 7.15. The predicted octanol–water partition coefficient (Wildman–Crippen LogP) is 3.25. The molecule has 2 aliphatic rings. The molecule has 2 heterocycles. The number of fused-ring (bicyclic) bond motifs is 1. The van der Waals surface area contributed by atoms with Gasteiger partial charge in [-0.25, -0.2) is 5.48 Å². The van der Waals surface area contributed by atoms with E-state index in [1.807, 2.05) is 53.4 Å². The lowest BCUT2D eigenvalue weighted by Crippen LogP contribution is -2.53. The molecule has 0 spiro atoms. The first-order chi connectivity index (χ1) is 17.1. The molecular formula is C27H30N4O4. The quantitative estimate of drug-likeness (QED) is 0.436. The monoisotopic (exact) mass is 474 g/mol. The summed E-state index contributed by atoms with van der Waals surface area (Å²) >= 11 is 0. The molecule has 1 saturated carbocycles. The second kappa shape index (κ2) is 10.3. The van der Waals surface area contributed by atoms with Crippen molar-refractivity contribution in [3.8, 4) is 5.75 Å². The van der Waals surface area contributed by atoms with Crippen molar-refractivity contribution >= 4 is 28.4 Å². The summed E-state index contributed by atoms with van der Waals surface area (Å²) < 4.78 is 6.17. The van der Waals surface area contributed by atoms with Crippen molar-refractivity contribution in [2.75, 3.05) is 31.1 Å². The number of carbonyl (C=O) groups is 2. The normalized spacial score (nSPS) is 22.6. The summed E-state index contributed by atoms with van der Waals surface area (Å²) in [5.41, 5.74) is 3.81. The van der Waals surface area contributed by atoms with E-state index >= 15 is 0 Å². The van der Waals surface area contributed by atoms with E-state index in [4.69, 9.17) is 4.74 Å². The number of hydrogen-bond acceptors (Lipinski definition) is 6. The van der Waals surface area contributed by atoms with Gasteiger partial charge >= 0.3 is 0 Å². The fourth-order valence-corrected chi connectivity index (χ4v) is 5.27. The minimum Gasteiger partial charge on any atom is -0.489 e. The number of amides is 2. The third kappa shape index (κ3) is 5.07. The van der Waals surface area contributed by atoms with E-state index in [-0.39, 0.29) is 12.0 Å². The SMILES string of the molecule is O=C(NO)[C@H]1C[C@H](Oc2cnc3ccccc3c2)CC[C@@H]1C(=O)N1CCN(c2ccccc2)CC1. The van der Waals surface area contributed by atoms with Crippen molar-refractivity contribution in [1.82, 2.24) is 15.4 Å². The van der Waals surface area contributed by atoms with E-state index in [0.29, 0.717) is 38.1 Å². The molecule has 2 N–H and O–H groups in total. The summed E-state index contributed by atoms with van der Waals surface area (Å²) in [5.74, 6) is -1.03. The van der Waals surface area contributed by atoms with Crippen molar-refractivity contribution in [1.29, 1.82) is 0 Å². The highest BCUT2D eigenvalue weighted by atomic mass is 16.5. The van der Waals surface area contributed by atoms with Crippen LogP contribution in [-0.4, -0.2) is 59.2 Å². The Kier molecular flexibility index (Phi) is 6.81. The predicted molar refractivity (Wildman–Crippen MR) is 132 cm³/mol. The van der Waals surface area contributed by atoms with E-state index in [1.54, 1.807) is 11.7 Å². The van der Waals surface area contributed by atoms with Crippen LogP contribution in [0.1, 0.15) is 19.3 Å². The molecule has 1 saturated heterocycles. The maximum absolute atomic E-state index is 13.4. The fourth-order valence-electron chi connectivity index (χ4n) is 5.27. The largest absolute Gasteiger partial charge is 0.489 e. The van der Waals surface area contributed by atoms with Crippen molar-refractivity contribution in [3.05, 3.63) is 66.9 Å². The number of nitrogens with one attached hydrogen (secondary N) is 1. The van der Waals surface area contributed by atoms with Crippen LogP contribution in [0, 0.1) is 11.8 Å². The van der Waals surface area contributed by atoms with Crippen LogP contribution in [0.15, 0.2) is 66.9 Å². The molecule has 35 heavy (non-hydrogen) atoms. The van der Waals surface area contributed by atoms with E-state index in [2.05, 4.69) is 22.0 Å². The highest BCUT2D eigenvalue weighted by molar-refractivity contribution is 5.87. The maximum Gasteiger partial charge on any atom is 0.247 e. The number of hydroxylamine groups is 1. The lowest BCUT2D eigenvalue weighted by atomic mass is 9.76. The van der Waals surface area contributed by atoms with Crippen LogP contribution in [0.3, 0.4) is 0 Å². The summed E-state index contributed by atoms with van der Waals surface area (Å²) in [6.07, 6.45) is 3.00. The Hall–Kier alpha value is -3.65. The van der Waals surface area contributed by atoms with Gasteiger partial charge in [-0.1, -0.05) is 36.4 Å². The van der Waals surface area contributed by atoms with Crippen molar-refractivity contribution < 1.29 is 19.5 Å². The minimum absolute atomic E-state index is 0.0165. The number of anilines is 1. The van der Waals surface area contributed by atoms with E-state index in [0.717, 1.165) is 29.7 Å². The van der Waals surface area contributed by atoms with Gasteiger partial charge in [0, 0.05) is 37.3 Å². The molecule has 2 fully saturated rings. The minimum atomic E-state index is -0.646. The molecule has 3 aromatic rings. The lowest BCUT2D eigenvalue weighted by molar-refractivity contribution is -0.148. The van der Waals surface area contributed by atoms with Crippen LogP contribution < -0.4 is 15.1 Å². The van der Waals surface area contributed by atoms with Gasteiger partial charge in [0.1, 0.15) is 5.75 Å². The maximum atomic E-state index is 13.4. The Morgan fingerprint density at radius 3 is 2.46 bits per heavy atom. The molecule has 0 radical (unpaired) electrons. The van der Waals surface area contributed by atoms with Crippen molar-refractivity contribution in [3.63, 3.8) is 0 Å². The molecule has 1 aromatic heterocycles. The summed E-state index contributed by atoms with van der Waals surface area (Å²) in [4.78, 5) is 34.6. The molecule has 5 rings (SSSR count). The summed E-state index contributed by atoms with van der Waals surface area (Å²) in [6, 6.07) is 19.9. The molecule has 182 valence electrons. The molecule has 2 aromatic carbocycles. The van der Waals surface area contributed by atoms with Gasteiger partial charge in [0.15, 0.2) is 0 Å². The van der Waals surface area contributed by atoms with Gasteiger partial charge in [-0.2, -0.15) is 0 Å². The van der Waals surface area contributed by atoms with Gasteiger partial charge in [0.2, 0.25) is 11.8 Å². The van der Waals surface area contributed by atoms with Crippen LogP contribution >= 0.6 is 0 Å². The molecule has 8 heteroatoms. The molecule has 0 unspecified atom stereocenters. The number of rotatable bonds is 5. The summed E-state index contributed by atoms with van der Waals surface area (Å²) in [6.45, 7) is 2.72. The molecule has 2 amide bonds. The zero-order chi connectivity index (χ0) is 24.2. The number of para-hydroxylation sites is 2. The molecule has 8 nitrogen and oxygen atoms in total. The second-order valence-electron chi connectivity index (χ2n) is 9.25. The Morgan fingerprint density at radius 1 is 0.943 bits per heavy atom.